The first kappa shape index (κ1) is 28.7. The molecule has 1 aliphatic heterocycles. The molecule has 0 spiro atoms. The predicted octanol–water partition coefficient (Wildman–Crippen LogP) is 6.53. The van der Waals surface area contributed by atoms with Gasteiger partial charge in [0.25, 0.3) is 11.7 Å². The van der Waals surface area contributed by atoms with Gasteiger partial charge in [0.2, 0.25) is 0 Å². The number of nitrogens with zero attached hydrogens (tertiary/aromatic N) is 1. The zero-order chi connectivity index (χ0) is 28.6. The lowest BCUT2D eigenvalue weighted by Crippen LogP contribution is -2.29. The number of Topliss-reactive ketones (excluding diaryl/α,β-unsaturated/α-hetero) is 1. The lowest BCUT2D eigenvalue weighted by molar-refractivity contribution is -0.140. The summed E-state index contributed by atoms with van der Waals surface area (Å²) in [5.41, 5.74) is 1.95. The molecule has 1 amide bonds. The van der Waals surface area contributed by atoms with Crippen molar-refractivity contribution >= 4 is 17.4 Å². The van der Waals surface area contributed by atoms with Crippen LogP contribution in [0.1, 0.15) is 56.3 Å². The van der Waals surface area contributed by atoms with Crippen molar-refractivity contribution in [2.45, 2.75) is 46.2 Å². The average molecular weight is 544 g/mol. The molecule has 0 aliphatic carbocycles. The molecule has 3 aromatic carbocycles. The summed E-state index contributed by atoms with van der Waals surface area (Å²) in [5, 5.41) is 11.4. The predicted molar refractivity (Wildman–Crippen MR) is 154 cm³/mol. The van der Waals surface area contributed by atoms with E-state index in [1.807, 2.05) is 43.3 Å². The molecule has 1 fully saturated rings. The molecular formula is C33H37NO6. The molecule has 0 saturated carbocycles. The molecule has 4 rings (SSSR count). The Kier molecular flexibility index (Phi) is 9.48. The summed E-state index contributed by atoms with van der Waals surface area (Å²) >= 11 is 0. The topological polar surface area (TPSA) is 85.3 Å². The van der Waals surface area contributed by atoms with Crippen molar-refractivity contribution in [1.29, 1.82) is 0 Å². The van der Waals surface area contributed by atoms with E-state index in [4.69, 9.17) is 14.2 Å². The number of benzene rings is 3. The molecule has 40 heavy (non-hydrogen) atoms. The summed E-state index contributed by atoms with van der Waals surface area (Å²) in [6.07, 6.45) is 1.77. The molecule has 7 heteroatoms. The van der Waals surface area contributed by atoms with E-state index in [1.165, 1.54) is 4.90 Å². The minimum atomic E-state index is -0.824. The fraction of sp³-hybridized carbons (Fsp3) is 0.333. The Morgan fingerprint density at radius 2 is 1.65 bits per heavy atom. The first-order valence-corrected chi connectivity index (χ1v) is 13.7. The molecule has 1 aliphatic rings. The van der Waals surface area contributed by atoms with Crippen LogP contribution in [0.4, 0.5) is 0 Å². The molecular weight excluding hydrogens is 506 g/mol. The molecule has 0 radical (unpaired) electrons. The molecule has 7 nitrogen and oxygen atoms in total. The normalized spacial score (nSPS) is 16.4. The number of ketones is 1. The minimum absolute atomic E-state index is 0.0266. The second-order valence-electron chi connectivity index (χ2n) is 10.2. The molecule has 1 N–H and O–H groups in total. The quantitative estimate of drug-likeness (QED) is 0.159. The molecule has 0 bridgehead atoms. The van der Waals surface area contributed by atoms with Gasteiger partial charge in [-0.15, -0.1) is 0 Å². The van der Waals surface area contributed by atoms with Gasteiger partial charge in [0.1, 0.15) is 11.5 Å². The lowest BCUT2D eigenvalue weighted by Gasteiger charge is -2.26. The van der Waals surface area contributed by atoms with Crippen LogP contribution in [-0.4, -0.2) is 42.0 Å². The molecule has 0 aromatic heterocycles. The van der Waals surface area contributed by atoms with Crippen molar-refractivity contribution in [3.63, 3.8) is 0 Å². The van der Waals surface area contributed by atoms with Crippen LogP contribution in [0, 0.1) is 5.92 Å². The molecule has 3 aromatic rings. The number of likely N-dealkylation sites (tertiary alicyclic amines) is 1. The Labute approximate surface area is 236 Å². The summed E-state index contributed by atoms with van der Waals surface area (Å²) in [6, 6.07) is 20.9. The van der Waals surface area contributed by atoms with Gasteiger partial charge >= 0.3 is 0 Å². The van der Waals surface area contributed by atoms with Crippen molar-refractivity contribution in [3.05, 3.63) is 95.1 Å². The molecule has 1 heterocycles. The van der Waals surface area contributed by atoms with Crippen molar-refractivity contribution < 1.29 is 28.9 Å². The van der Waals surface area contributed by atoms with E-state index in [0.29, 0.717) is 47.5 Å². The number of hydrogen-bond donors (Lipinski definition) is 1. The highest BCUT2D eigenvalue weighted by atomic mass is 16.5. The standard InChI is InChI=1S/C33H37NO6/c1-5-18-39-26-14-11-24(12-15-26)31(35)29-30(34(33(37)32(29)36)21-23-9-7-6-8-10-23)25-13-16-27(28(20-25)38-4)40-19-17-22(2)3/h6-16,20,22,30,35H,5,17-19,21H2,1-4H3. The Hall–Kier alpha value is -4.26. The van der Waals surface area contributed by atoms with Gasteiger partial charge in [0, 0.05) is 12.1 Å². The van der Waals surface area contributed by atoms with Crippen molar-refractivity contribution in [3.8, 4) is 17.2 Å². The van der Waals surface area contributed by atoms with Crippen LogP contribution in [0.15, 0.2) is 78.4 Å². The van der Waals surface area contributed by atoms with Gasteiger partial charge < -0.3 is 24.2 Å². The van der Waals surface area contributed by atoms with E-state index in [0.717, 1.165) is 18.4 Å². The smallest absolute Gasteiger partial charge is 0.295 e. The highest BCUT2D eigenvalue weighted by Gasteiger charge is 2.46. The van der Waals surface area contributed by atoms with Crippen LogP contribution in [0.3, 0.4) is 0 Å². The molecule has 210 valence electrons. The maximum Gasteiger partial charge on any atom is 0.295 e. The third-order valence-electron chi connectivity index (χ3n) is 6.79. The number of carbonyl (C=O) groups is 2. The molecule has 1 saturated heterocycles. The maximum atomic E-state index is 13.4. The van der Waals surface area contributed by atoms with Crippen LogP contribution in [0.2, 0.25) is 0 Å². The number of hydrogen-bond acceptors (Lipinski definition) is 6. The average Bonchev–Trinajstić information content (AvgIpc) is 3.21. The summed E-state index contributed by atoms with van der Waals surface area (Å²) in [6.45, 7) is 7.60. The molecule has 1 unspecified atom stereocenters. The lowest BCUT2D eigenvalue weighted by atomic mass is 9.94. The SMILES string of the molecule is CCCOc1ccc(C(O)=C2C(=O)C(=O)N(Cc3ccccc3)C2c2ccc(OCCC(C)C)c(OC)c2)cc1. The fourth-order valence-electron chi connectivity index (χ4n) is 4.63. The summed E-state index contributed by atoms with van der Waals surface area (Å²) in [4.78, 5) is 28.3. The highest BCUT2D eigenvalue weighted by molar-refractivity contribution is 6.46. The van der Waals surface area contributed by atoms with Crippen LogP contribution in [0.5, 0.6) is 17.2 Å². The Morgan fingerprint density at radius 3 is 2.30 bits per heavy atom. The van der Waals surface area contributed by atoms with E-state index >= 15 is 0 Å². The van der Waals surface area contributed by atoms with Crippen LogP contribution in [-0.2, 0) is 16.1 Å². The van der Waals surface area contributed by atoms with E-state index in [-0.39, 0.29) is 17.9 Å². The molecule has 1 atom stereocenters. The number of aliphatic hydroxyl groups is 1. The Balaban J connectivity index is 1.77. The van der Waals surface area contributed by atoms with Gasteiger partial charge in [-0.2, -0.15) is 0 Å². The fourth-order valence-corrected chi connectivity index (χ4v) is 4.63. The summed E-state index contributed by atoms with van der Waals surface area (Å²) in [5.74, 6) is 0.582. The number of ether oxygens (including phenoxy) is 3. The van der Waals surface area contributed by atoms with Crippen LogP contribution < -0.4 is 14.2 Å². The van der Waals surface area contributed by atoms with Gasteiger partial charge in [-0.05, 0) is 66.3 Å². The number of methoxy groups -OCH3 is 1. The van der Waals surface area contributed by atoms with Crippen molar-refractivity contribution in [1.82, 2.24) is 4.90 Å². The summed E-state index contributed by atoms with van der Waals surface area (Å²) in [7, 11) is 1.55. The zero-order valence-electron chi connectivity index (χ0n) is 23.6. The third kappa shape index (κ3) is 6.47. The Morgan fingerprint density at radius 1 is 0.925 bits per heavy atom. The largest absolute Gasteiger partial charge is 0.507 e. The van der Waals surface area contributed by atoms with Crippen molar-refractivity contribution in [2.24, 2.45) is 5.92 Å². The van der Waals surface area contributed by atoms with Gasteiger partial charge in [-0.25, -0.2) is 0 Å². The minimum Gasteiger partial charge on any atom is -0.507 e. The first-order chi connectivity index (χ1) is 19.3. The van der Waals surface area contributed by atoms with Gasteiger partial charge in [-0.1, -0.05) is 57.2 Å². The monoisotopic (exact) mass is 543 g/mol. The second-order valence-corrected chi connectivity index (χ2v) is 10.2. The van der Waals surface area contributed by atoms with Crippen molar-refractivity contribution in [2.75, 3.05) is 20.3 Å². The number of rotatable bonds is 12. The highest BCUT2D eigenvalue weighted by Crippen LogP contribution is 2.43. The first-order valence-electron chi connectivity index (χ1n) is 13.7. The second kappa shape index (κ2) is 13.2. The van der Waals surface area contributed by atoms with E-state index < -0.39 is 17.7 Å². The summed E-state index contributed by atoms with van der Waals surface area (Å²) < 4.78 is 17.2. The maximum absolute atomic E-state index is 13.4. The Bertz CT molecular complexity index is 1350. The van der Waals surface area contributed by atoms with Crippen LogP contribution >= 0.6 is 0 Å². The van der Waals surface area contributed by atoms with Crippen LogP contribution in [0.25, 0.3) is 5.76 Å². The third-order valence-corrected chi connectivity index (χ3v) is 6.79. The number of amides is 1. The van der Waals surface area contributed by atoms with E-state index in [2.05, 4.69) is 13.8 Å². The zero-order valence-corrected chi connectivity index (χ0v) is 23.6. The number of carbonyl (C=O) groups excluding carboxylic acids is 2. The van der Waals surface area contributed by atoms with Gasteiger partial charge in [0.05, 0.1) is 31.9 Å². The van der Waals surface area contributed by atoms with E-state index in [1.54, 1.807) is 43.5 Å². The van der Waals surface area contributed by atoms with Gasteiger partial charge in [-0.3, -0.25) is 9.59 Å². The number of aliphatic hydroxyl groups excluding tert-OH is 1. The van der Waals surface area contributed by atoms with E-state index in [9.17, 15) is 14.7 Å². The van der Waals surface area contributed by atoms with Gasteiger partial charge in [0.15, 0.2) is 11.5 Å².